The number of thioether (sulfide) groups is 1. The van der Waals surface area contributed by atoms with Gasteiger partial charge in [0.2, 0.25) is 9.84 Å². The van der Waals surface area contributed by atoms with E-state index in [-0.39, 0.29) is 21.5 Å². The van der Waals surface area contributed by atoms with E-state index in [0.29, 0.717) is 11.3 Å². The Hall–Kier alpha value is -3.08. The molecule has 0 saturated carbocycles. The number of nitriles is 1. The molecule has 0 spiro atoms. The average molecular weight is 453 g/mol. The molecule has 0 fully saturated rings. The Morgan fingerprint density at radius 3 is 2.39 bits per heavy atom. The lowest BCUT2D eigenvalue weighted by Crippen LogP contribution is -2.11. The van der Waals surface area contributed by atoms with Crippen molar-refractivity contribution >= 4 is 27.3 Å². The van der Waals surface area contributed by atoms with Crippen molar-refractivity contribution in [3.05, 3.63) is 105 Å². The summed E-state index contributed by atoms with van der Waals surface area (Å²) in [6, 6.07) is 21.7. The van der Waals surface area contributed by atoms with Crippen LogP contribution in [-0.2, 0) is 15.6 Å². The Balaban J connectivity index is 2.09. The predicted octanol–water partition coefficient (Wildman–Crippen LogP) is 5.95. The van der Waals surface area contributed by atoms with Crippen LogP contribution in [0.25, 0.3) is 0 Å². The highest BCUT2D eigenvalue weighted by atomic mass is 32.2. The number of rotatable bonds is 7. The van der Waals surface area contributed by atoms with Crippen LogP contribution in [-0.4, -0.2) is 8.42 Å². The molecule has 0 amide bonds. The molecule has 0 unspecified atom stereocenters. The Morgan fingerprint density at radius 1 is 1.03 bits per heavy atom. The number of aryl methyl sites for hydroxylation is 2. The highest BCUT2D eigenvalue weighted by Gasteiger charge is 2.26. The van der Waals surface area contributed by atoms with E-state index in [4.69, 9.17) is 0 Å². The minimum atomic E-state index is -4.07. The van der Waals surface area contributed by atoms with Crippen LogP contribution >= 0.6 is 11.8 Å². The lowest BCUT2D eigenvalue weighted by molar-refractivity contribution is 0.603. The second-order valence-corrected chi connectivity index (χ2v) is 9.78. The fraction of sp³-hybridized carbons (Fsp3) is 0.125. The molecule has 4 nitrogen and oxygen atoms in total. The number of halogens is 1. The minimum Gasteiger partial charge on any atom is -0.348 e. The van der Waals surface area contributed by atoms with Gasteiger partial charge in [-0.2, -0.15) is 5.26 Å². The largest absolute Gasteiger partial charge is 0.348 e. The van der Waals surface area contributed by atoms with Crippen molar-refractivity contribution in [3.63, 3.8) is 0 Å². The molecule has 0 radical (unpaired) electrons. The molecule has 31 heavy (non-hydrogen) atoms. The number of nitrogens with one attached hydrogen (secondary N) is 1. The van der Waals surface area contributed by atoms with Gasteiger partial charge in [0, 0.05) is 11.4 Å². The molecule has 158 valence electrons. The normalized spacial score (nSPS) is 12.1. The number of hydrogen-bond donors (Lipinski definition) is 1. The van der Waals surface area contributed by atoms with E-state index in [1.165, 1.54) is 18.2 Å². The summed E-state index contributed by atoms with van der Waals surface area (Å²) in [5.41, 5.74) is 2.98. The second-order valence-electron chi connectivity index (χ2n) is 6.91. The SMILES string of the molecule is Cc1ccc(C)c(N/C(SCc2ccccc2F)=C(/C#N)S(=O)(=O)c2ccccc2)c1. The maximum Gasteiger partial charge on any atom is 0.219 e. The standard InChI is InChI=1S/C24H21FN2O2S2/c1-17-12-13-18(2)22(14-17)27-24(30-16-19-8-6-7-11-21(19)25)23(15-26)31(28,29)20-9-4-3-5-10-20/h3-14,27H,16H2,1-2H3/b24-23+. The molecule has 0 bridgehead atoms. The van der Waals surface area contributed by atoms with Gasteiger partial charge in [-0.25, -0.2) is 12.8 Å². The number of sulfone groups is 1. The van der Waals surface area contributed by atoms with Crippen LogP contribution in [0.2, 0.25) is 0 Å². The highest BCUT2D eigenvalue weighted by Crippen LogP contribution is 2.32. The van der Waals surface area contributed by atoms with E-state index in [1.807, 2.05) is 38.1 Å². The van der Waals surface area contributed by atoms with Crippen LogP contribution in [0.15, 0.2) is 87.6 Å². The van der Waals surface area contributed by atoms with Crippen molar-refractivity contribution in [2.24, 2.45) is 0 Å². The van der Waals surface area contributed by atoms with Gasteiger partial charge in [0.1, 0.15) is 16.9 Å². The topological polar surface area (TPSA) is 70.0 Å². The number of anilines is 1. The molecular formula is C24H21FN2O2S2. The van der Waals surface area contributed by atoms with Gasteiger partial charge in [0.05, 0.1) is 4.90 Å². The van der Waals surface area contributed by atoms with Crippen LogP contribution in [0.4, 0.5) is 10.1 Å². The van der Waals surface area contributed by atoms with Crippen LogP contribution in [0.1, 0.15) is 16.7 Å². The maximum atomic E-state index is 14.1. The first-order valence-electron chi connectivity index (χ1n) is 9.48. The Labute approximate surface area is 186 Å². The van der Waals surface area contributed by atoms with Crippen molar-refractivity contribution in [2.45, 2.75) is 24.5 Å². The third-order valence-electron chi connectivity index (χ3n) is 4.60. The zero-order chi connectivity index (χ0) is 22.4. The van der Waals surface area contributed by atoms with Gasteiger partial charge < -0.3 is 5.32 Å². The van der Waals surface area contributed by atoms with E-state index in [0.717, 1.165) is 22.9 Å². The molecule has 0 aromatic heterocycles. The van der Waals surface area contributed by atoms with Gasteiger partial charge in [0.15, 0.2) is 4.91 Å². The molecule has 0 aliphatic rings. The van der Waals surface area contributed by atoms with E-state index < -0.39 is 14.7 Å². The number of nitrogens with zero attached hydrogens (tertiary/aromatic N) is 1. The predicted molar refractivity (Wildman–Crippen MR) is 124 cm³/mol. The van der Waals surface area contributed by atoms with Gasteiger partial charge in [-0.1, -0.05) is 48.5 Å². The molecule has 0 aliphatic carbocycles. The molecule has 0 saturated heterocycles. The molecule has 1 N–H and O–H groups in total. The summed E-state index contributed by atoms with van der Waals surface area (Å²) in [6.07, 6.45) is 0. The van der Waals surface area contributed by atoms with Gasteiger partial charge >= 0.3 is 0 Å². The number of hydrogen-bond acceptors (Lipinski definition) is 5. The quantitative estimate of drug-likeness (QED) is 0.448. The van der Waals surface area contributed by atoms with Crippen LogP contribution in [0, 0.1) is 31.0 Å². The van der Waals surface area contributed by atoms with E-state index in [1.54, 1.807) is 36.4 Å². The van der Waals surface area contributed by atoms with Gasteiger partial charge in [-0.05, 0) is 54.8 Å². The molecule has 0 aliphatic heterocycles. The first-order chi connectivity index (χ1) is 14.8. The summed E-state index contributed by atoms with van der Waals surface area (Å²) < 4.78 is 40.6. The minimum absolute atomic E-state index is 0.0262. The van der Waals surface area contributed by atoms with Crippen molar-refractivity contribution in [3.8, 4) is 6.07 Å². The summed E-state index contributed by atoms with van der Waals surface area (Å²) in [5.74, 6) is -0.222. The molecule has 0 atom stereocenters. The number of benzene rings is 3. The fourth-order valence-corrected chi connectivity index (χ4v) is 5.43. The van der Waals surface area contributed by atoms with E-state index in [9.17, 15) is 18.1 Å². The molecule has 3 aromatic rings. The molecule has 0 heterocycles. The number of allylic oxidation sites excluding steroid dienone is 1. The Morgan fingerprint density at radius 2 is 1.71 bits per heavy atom. The third-order valence-corrected chi connectivity index (χ3v) is 7.51. The molecule has 7 heteroatoms. The van der Waals surface area contributed by atoms with Crippen LogP contribution < -0.4 is 5.32 Å². The first kappa shape index (κ1) is 22.6. The van der Waals surface area contributed by atoms with E-state index in [2.05, 4.69) is 5.32 Å². The Kier molecular flexibility index (Phi) is 7.16. The summed E-state index contributed by atoms with van der Waals surface area (Å²) >= 11 is 1.08. The zero-order valence-corrected chi connectivity index (χ0v) is 18.7. The first-order valence-corrected chi connectivity index (χ1v) is 11.9. The zero-order valence-electron chi connectivity index (χ0n) is 17.1. The maximum absolute atomic E-state index is 14.1. The van der Waals surface area contributed by atoms with Crippen molar-refractivity contribution in [1.82, 2.24) is 0 Å². The average Bonchev–Trinajstić information content (AvgIpc) is 2.76. The Bertz CT molecular complexity index is 1260. The van der Waals surface area contributed by atoms with Crippen LogP contribution in [0.5, 0.6) is 0 Å². The molecule has 3 rings (SSSR count). The summed E-state index contributed by atoms with van der Waals surface area (Å²) in [6.45, 7) is 3.81. The summed E-state index contributed by atoms with van der Waals surface area (Å²) in [5, 5.41) is 13.1. The van der Waals surface area contributed by atoms with Crippen molar-refractivity contribution < 1.29 is 12.8 Å². The second kappa shape index (κ2) is 9.82. The lowest BCUT2D eigenvalue weighted by Gasteiger charge is -2.16. The molecule has 3 aromatic carbocycles. The van der Waals surface area contributed by atoms with Gasteiger partial charge in [-0.15, -0.1) is 11.8 Å². The summed E-state index contributed by atoms with van der Waals surface area (Å²) in [4.78, 5) is -0.376. The van der Waals surface area contributed by atoms with Gasteiger partial charge in [-0.3, -0.25) is 0 Å². The van der Waals surface area contributed by atoms with Crippen molar-refractivity contribution in [1.29, 1.82) is 5.26 Å². The smallest absolute Gasteiger partial charge is 0.219 e. The van der Waals surface area contributed by atoms with Crippen LogP contribution in [0.3, 0.4) is 0 Å². The molecular weight excluding hydrogens is 431 g/mol. The van der Waals surface area contributed by atoms with Crippen molar-refractivity contribution in [2.75, 3.05) is 5.32 Å². The lowest BCUT2D eigenvalue weighted by atomic mass is 10.1. The summed E-state index contributed by atoms with van der Waals surface area (Å²) in [7, 11) is -4.07. The third kappa shape index (κ3) is 5.35. The highest BCUT2D eigenvalue weighted by molar-refractivity contribution is 8.04. The van der Waals surface area contributed by atoms with E-state index >= 15 is 0 Å². The fourth-order valence-electron chi connectivity index (χ4n) is 2.87. The van der Waals surface area contributed by atoms with Gasteiger partial charge in [0.25, 0.3) is 0 Å². The monoisotopic (exact) mass is 452 g/mol.